The number of piperidine rings is 1. The van der Waals surface area contributed by atoms with Gasteiger partial charge in [-0.15, -0.1) is 12.4 Å². The van der Waals surface area contributed by atoms with Gasteiger partial charge in [0, 0.05) is 22.7 Å². The lowest BCUT2D eigenvalue weighted by Crippen LogP contribution is -2.43. The van der Waals surface area contributed by atoms with E-state index >= 15 is 0 Å². The normalized spacial score (nSPS) is 15.5. The minimum Gasteiger partial charge on any atom is -0.351 e. The van der Waals surface area contributed by atoms with E-state index in [4.69, 9.17) is 11.6 Å². The van der Waals surface area contributed by atoms with Gasteiger partial charge in [-0.1, -0.05) is 36.7 Å². The molecule has 0 saturated carbocycles. The minimum absolute atomic E-state index is 0. The van der Waals surface area contributed by atoms with Crippen LogP contribution in [0.25, 0.3) is 0 Å². The number of halogens is 2. The molecule has 0 bridgehead atoms. The molecule has 6 heteroatoms. The molecular weight excluding hydrogens is 383 g/mol. The summed E-state index contributed by atoms with van der Waals surface area (Å²) in [5, 5.41) is 6.94. The third kappa shape index (κ3) is 5.32. The van der Waals surface area contributed by atoms with Crippen LogP contribution < -0.4 is 10.6 Å². The number of carbonyl (C=O) groups is 2. The third-order valence-electron chi connectivity index (χ3n) is 5.01. The van der Waals surface area contributed by atoms with Gasteiger partial charge in [-0.25, -0.2) is 0 Å². The van der Waals surface area contributed by atoms with Crippen molar-refractivity contribution in [3.8, 4) is 0 Å². The zero-order valence-electron chi connectivity index (χ0n) is 15.3. The van der Waals surface area contributed by atoms with E-state index in [1.165, 1.54) is 0 Å². The molecular formula is C21H24Cl2N2O2. The highest BCUT2D eigenvalue weighted by molar-refractivity contribution is 6.30. The van der Waals surface area contributed by atoms with Crippen LogP contribution in [-0.4, -0.2) is 31.3 Å². The predicted molar refractivity (Wildman–Crippen MR) is 111 cm³/mol. The predicted octanol–water partition coefficient (Wildman–Crippen LogP) is 4.11. The summed E-state index contributed by atoms with van der Waals surface area (Å²) in [7, 11) is 0. The van der Waals surface area contributed by atoms with Crippen molar-refractivity contribution in [2.45, 2.75) is 19.8 Å². The Morgan fingerprint density at radius 3 is 2.26 bits per heavy atom. The highest BCUT2D eigenvalue weighted by Crippen LogP contribution is 2.27. The average Bonchev–Trinajstić information content (AvgIpc) is 2.67. The Kier molecular flexibility index (Phi) is 7.42. The first-order valence-corrected chi connectivity index (χ1v) is 9.25. The fraction of sp³-hybridized carbons (Fsp3) is 0.333. The molecule has 27 heavy (non-hydrogen) atoms. The molecule has 0 atom stereocenters. The minimum atomic E-state index is -0.206. The van der Waals surface area contributed by atoms with E-state index < -0.39 is 0 Å². The van der Waals surface area contributed by atoms with Crippen LogP contribution in [-0.2, 0) is 0 Å². The topological polar surface area (TPSA) is 58.2 Å². The molecule has 1 aliphatic heterocycles. The van der Waals surface area contributed by atoms with Crippen molar-refractivity contribution in [3.05, 3.63) is 70.2 Å². The Balaban J connectivity index is 0.00000261. The van der Waals surface area contributed by atoms with Gasteiger partial charge in [0.2, 0.25) is 0 Å². The molecule has 3 rings (SSSR count). The number of rotatable bonds is 5. The van der Waals surface area contributed by atoms with Crippen LogP contribution in [0.3, 0.4) is 0 Å². The number of hydrogen-bond acceptors (Lipinski definition) is 3. The van der Waals surface area contributed by atoms with E-state index in [-0.39, 0.29) is 29.5 Å². The lowest BCUT2D eigenvalue weighted by molar-refractivity contribution is 0.0913. The quantitative estimate of drug-likeness (QED) is 0.734. The molecule has 0 radical (unpaired) electrons. The molecule has 144 valence electrons. The summed E-state index contributed by atoms with van der Waals surface area (Å²) in [6.45, 7) is 4.74. The Morgan fingerprint density at radius 1 is 1.04 bits per heavy atom. The van der Waals surface area contributed by atoms with Crippen LogP contribution in [0.1, 0.15) is 46.0 Å². The number of amides is 1. The second kappa shape index (κ2) is 9.36. The van der Waals surface area contributed by atoms with Crippen molar-refractivity contribution < 1.29 is 9.59 Å². The van der Waals surface area contributed by atoms with Crippen LogP contribution >= 0.6 is 24.0 Å². The third-order valence-corrected chi connectivity index (χ3v) is 5.26. The van der Waals surface area contributed by atoms with Gasteiger partial charge < -0.3 is 10.6 Å². The lowest BCUT2D eigenvalue weighted by Gasteiger charge is -2.34. The molecule has 0 unspecified atom stereocenters. The van der Waals surface area contributed by atoms with Crippen LogP contribution in [0.5, 0.6) is 0 Å². The zero-order chi connectivity index (χ0) is 18.6. The maximum atomic E-state index is 12.8. The lowest BCUT2D eigenvalue weighted by atomic mass is 9.81. The number of benzene rings is 2. The van der Waals surface area contributed by atoms with Crippen LogP contribution in [0.4, 0.5) is 0 Å². The fourth-order valence-electron chi connectivity index (χ4n) is 3.23. The molecule has 1 heterocycles. The molecule has 4 nitrogen and oxygen atoms in total. The molecule has 1 fully saturated rings. The Labute approximate surface area is 171 Å². The molecule has 1 saturated heterocycles. The number of nitrogens with one attached hydrogen (secondary N) is 2. The summed E-state index contributed by atoms with van der Waals surface area (Å²) < 4.78 is 0. The summed E-state index contributed by atoms with van der Waals surface area (Å²) >= 11 is 5.89. The van der Waals surface area contributed by atoms with Crippen LogP contribution in [0, 0.1) is 5.41 Å². The second-order valence-electron chi connectivity index (χ2n) is 7.12. The van der Waals surface area contributed by atoms with Crippen LogP contribution in [0.2, 0.25) is 5.02 Å². The fourth-order valence-corrected chi connectivity index (χ4v) is 3.36. The van der Waals surface area contributed by atoms with Gasteiger partial charge in [0.25, 0.3) is 5.91 Å². The number of ketones is 1. The summed E-state index contributed by atoms with van der Waals surface area (Å²) in [6, 6.07) is 13.6. The van der Waals surface area contributed by atoms with E-state index in [0.717, 1.165) is 25.9 Å². The van der Waals surface area contributed by atoms with Crippen molar-refractivity contribution in [2.75, 3.05) is 19.6 Å². The Hall–Kier alpha value is -1.88. The van der Waals surface area contributed by atoms with E-state index in [1.54, 1.807) is 48.5 Å². The van der Waals surface area contributed by atoms with Gasteiger partial charge in [0.1, 0.15) is 0 Å². The largest absolute Gasteiger partial charge is 0.351 e. The van der Waals surface area contributed by atoms with Crippen molar-refractivity contribution in [2.24, 2.45) is 5.41 Å². The average molecular weight is 407 g/mol. The first-order valence-electron chi connectivity index (χ1n) is 8.87. The number of carbonyl (C=O) groups excluding carboxylic acids is 2. The maximum absolute atomic E-state index is 12.8. The number of hydrogen-bond donors (Lipinski definition) is 2. The van der Waals surface area contributed by atoms with Gasteiger partial charge in [0.05, 0.1) is 5.56 Å². The van der Waals surface area contributed by atoms with Gasteiger partial charge in [0.15, 0.2) is 5.78 Å². The van der Waals surface area contributed by atoms with E-state index in [0.29, 0.717) is 28.3 Å². The smallest absolute Gasteiger partial charge is 0.252 e. The molecule has 2 N–H and O–H groups in total. The van der Waals surface area contributed by atoms with Crippen molar-refractivity contribution in [1.82, 2.24) is 10.6 Å². The van der Waals surface area contributed by atoms with Gasteiger partial charge in [-0.3, -0.25) is 9.59 Å². The maximum Gasteiger partial charge on any atom is 0.252 e. The van der Waals surface area contributed by atoms with Gasteiger partial charge >= 0.3 is 0 Å². The van der Waals surface area contributed by atoms with Crippen molar-refractivity contribution in [1.29, 1.82) is 0 Å². The van der Waals surface area contributed by atoms with Gasteiger partial charge in [-0.2, -0.15) is 0 Å². The molecule has 2 aromatic carbocycles. The Bertz CT molecular complexity index is 800. The monoisotopic (exact) mass is 406 g/mol. The second-order valence-corrected chi connectivity index (χ2v) is 7.56. The molecule has 2 aromatic rings. The molecule has 0 aromatic heterocycles. The highest BCUT2D eigenvalue weighted by Gasteiger charge is 2.28. The first-order chi connectivity index (χ1) is 12.5. The zero-order valence-corrected chi connectivity index (χ0v) is 16.8. The summed E-state index contributed by atoms with van der Waals surface area (Å²) in [4.78, 5) is 25.6. The standard InChI is InChI=1S/C21H23ClN2O2.ClH/c1-21(10-12-23-13-11-21)14-24-20(26)18-5-3-2-4-17(18)19(25)15-6-8-16(22)9-7-15;/h2-9,23H,10-14H2,1H3,(H,24,26);1H. The highest BCUT2D eigenvalue weighted by atomic mass is 35.5. The first kappa shape index (κ1) is 21.4. The van der Waals surface area contributed by atoms with E-state index in [9.17, 15) is 9.59 Å². The van der Waals surface area contributed by atoms with Gasteiger partial charge in [-0.05, 0) is 61.7 Å². The van der Waals surface area contributed by atoms with Crippen LogP contribution in [0.15, 0.2) is 48.5 Å². The van der Waals surface area contributed by atoms with E-state index in [1.807, 2.05) is 0 Å². The summed E-state index contributed by atoms with van der Waals surface area (Å²) in [5.41, 5.74) is 1.42. The van der Waals surface area contributed by atoms with Crippen molar-refractivity contribution in [3.63, 3.8) is 0 Å². The summed E-state index contributed by atoms with van der Waals surface area (Å²) in [6.07, 6.45) is 2.05. The molecule has 0 aliphatic carbocycles. The van der Waals surface area contributed by atoms with E-state index in [2.05, 4.69) is 17.6 Å². The molecule has 1 amide bonds. The Morgan fingerprint density at radius 2 is 1.63 bits per heavy atom. The molecule has 1 aliphatic rings. The molecule has 0 spiro atoms. The van der Waals surface area contributed by atoms with Crippen molar-refractivity contribution >= 4 is 35.7 Å². The summed E-state index contributed by atoms with van der Waals surface area (Å²) in [5.74, 6) is -0.386. The SMILES string of the molecule is CC1(CNC(=O)c2ccccc2C(=O)c2ccc(Cl)cc2)CCNCC1.Cl.